The number of ether oxygens (including phenoxy) is 1. The van der Waals surface area contributed by atoms with Gasteiger partial charge in [0.1, 0.15) is 5.75 Å². The predicted molar refractivity (Wildman–Crippen MR) is 105 cm³/mol. The Bertz CT molecular complexity index is 1050. The molecule has 3 aromatic carbocycles. The first kappa shape index (κ1) is 16.8. The van der Waals surface area contributed by atoms with E-state index in [2.05, 4.69) is 4.98 Å². The molecule has 0 unspecified atom stereocenters. The molecule has 4 aromatic rings. The molecule has 4 nitrogen and oxygen atoms in total. The maximum absolute atomic E-state index is 13.1. The molecule has 27 heavy (non-hydrogen) atoms. The van der Waals surface area contributed by atoms with Crippen molar-refractivity contribution in [2.75, 3.05) is 7.11 Å². The van der Waals surface area contributed by atoms with E-state index in [1.54, 1.807) is 25.4 Å². The molecule has 4 rings (SSSR count). The lowest BCUT2D eigenvalue weighted by Gasteiger charge is -2.12. The van der Waals surface area contributed by atoms with Crippen molar-refractivity contribution in [2.45, 2.75) is 0 Å². The van der Waals surface area contributed by atoms with Gasteiger partial charge in [0, 0.05) is 16.8 Å². The van der Waals surface area contributed by atoms with E-state index in [9.17, 15) is 4.79 Å². The number of carbonyl (C=O) groups excluding carboxylic acids is 1. The third-order valence-corrected chi connectivity index (χ3v) is 4.40. The Balaban J connectivity index is 1.89. The third-order valence-electron chi connectivity index (χ3n) is 4.40. The van der Waals surface area contributed by atoms with Crippen LogP contribution in [0.1, 0.15) is 16.2 Å². The highest BCUT2D eigenvalue weighted by Gasteiger charge is 2.20. The lowest BCUT2D eigenvalue weighted by atomic mass is 10.1. The molecule has 0 saturated carbocycles. The summed E-state index contributed by atoms with van der Waals surface area (Å²) in [6.07, 6.45) is 1.75. The van der Waals surface area contributed by atoms with Crippen LogP contribution in [0, 0.1) is 0 Å². The quantitative estimate of drug-likeness (QED) is 0.485. The summed E-state index contributed by atoms with van der Waals surface area (Å²) in [5, 5.41) is 0. The summed E-state index contributed by atoms with van der Waals surface area (Å²) in [4.78, 5) is 17.6. The highest BCUT2D eigenvalue weighted by atomic mass is 16.5. The zero-order valence-electron chi connectivity index (χ0n) is 14.9. The summed E-state index contributed by atoms with van der Waals surface area (Å²) < 4.78 is 7.15. The van der Waals surface area contributed by atoms with Crippen molar-refractivity contribution in [3.05, 3.63) is 103 Å². The van der Waals surface area contributed by atoms with Gasteiger partial charge in [0.15, 0.2) is 5.82 Å². The normalized spacial score (nSPS) is 10.6. The summed E-state index contributed by atoms with van der Waals surface area (Å²) in [6.45, 7) is 0. The van der Waals surface area contributed by atoms with Gasteiger partial charge in [-0.05, 0) is 24.3 Å². The van der Waals surface area contributed by atoms with Crippen molar-refractivity contribution in [1.82, 2.24) is 9.55 Å². The lowest BCUT2D eigenvalue weighted by Crippen LogP contribution is -2.11. The Morgan fingerprint density at radius 3 is 2.11 bits per heavy atom. The fraction of sp³-hybridized carbons (Fsp3) is 0.0435. The van der Waals surface area contributed by atoms with Gasteiger partial charge < -0.3 is 4.74 Å². The van der Waals surface area contributed by atoms with E-state index in [0.29, 0.717) is 11.4 Å². The van der Waals surface area contributed by atoms with Crippen LogP contribution in [0.4, 0.5) is 0 Å². The molecule has 4 heteroatoms. The molecule has 0 spiro atoms. The van der Waals surface area contributed by atoms with Gasteiger partial charge in [-0.1, -0.05) is 60.7 Å². The van der Waals surface area contributed by atoms with Crippen LogP contribution in [0.5, 0.6) is 5.75 Å². The first-order valence-electron chi connectivity index (χ1n) is 8.65. The second kappa shape index (κ2) is 7.30. The topological polar surface area (TPSA) is 44.1 Å². The van der Waals surface area contributed by atoms with Crippen molar-refractivity contribution >= 4 is 5.78 Å². The van der Waals surface area contributed by atoms with Gasteiger partial charge in [-0.2, -0.15) is 0 Å². The van der Waals surface area contributed by atoms with Crippen LogP contribution in [0.3, 0.4) is 0 Å². The van der Waals surface area contributed by atoms with E-state index in [4.69, 9.17) is 4.74 Å². The average molecular weight is 354 g/mol. The van der Waals surface area contributed by atoms with Crippen LogP contribution in [0.15, 0.2) is 91.1 Å². The number of carbonyl (C=O) groups is 1. The minimum atomic E-state index is -0.117. The Morgan fingerprint density at radius 1 is 0.852 bits per heavy atom. The Labute approximate surface area is 157 Å². The fourth-order valence-corrected chi connectivity index (χ4v) is 3.04. The number of hydrogen-bond donors (Lipinski definition) is 0. The van der Waals surface area contributed by atoms with E-state index < -0.39 is 0 Å². The highest BCUT2D eigenvalue weighted by Crippen LogP contribution is 2.27. The fourth-order valence-electron chi connectivity index (χ4n) is 3.04. The van der Waals surface area contributed by atoms with E-state index >= 15 is 0 Å². The van der Waals surface area contributed by atoms with Gasteiger partial charge in [-0.15, -0.1) is 0 Å². The number of nitrogens with zero attached hydrogens (tertiary/aromatic N) is 2. The minimum absolute atomic E-state index is 0.117. The SMILES string of the molecule is COc1ccc(-n2c(-c3ccccc3)cnc2C(=O)c2ccccc2)cc1. The van der Waals surface area contributed by atoms with Gasteiger partial charge in [0.05, 0.1) is 19.0 Å². The van der Waals surface area contributed by atoms with Crippen LogP contribution >= 0.6 is 0 Å². The summed E-state index contributed by atoms with van der Waals surface area (Å²) in [6, 6.07) is 26.7. The average Bonchev–Trinajstić information content (AvgIpc) is 3.19. The summed E-state index contributed by atoms with van der Waals surface area (Å²) in [5.41, 5.74) is 3.32. The molecule has 1 aromatic heterocycles. The molecule has 1 heterocycles. The number of ketones is 1. The van der Waals surface area contributed by atoms with E-state index in [-0.39, 0.29) is 5.78 Å². The molecule has 0 radical (unpaired) electrons. The molecule has 0 atom stereocenters. The van der Waals surface area contributed by atoms with Crippen molar-refractivity contribution in [2.24, 2.45) is 0 Å². The second-order valence-electron chi connectivity index (χ2n) is 6.06. The van der Waals surface area contributed by atoms with Gasteiger partial charge in [0.2, 0.25) is 5.78 Å². The highest BCUT2D eigenvalue weighted by molar-refractivity contribution is 6.07. The number of hydrogen-bond acceptors (Lipinski definition) is 3. The van der Waals surface area contributed by atoms with Crippen molar-refractivity contribution in [3.63, 3.8) is 0 Å². The lowest BCUT2D eigenvalue weighted by molar-refractivity contribution is 0.102. The summed E-state index contributed by atoms with van der Waals surface area (Å²) >= 11 is 0. The van der Waals surface area contributed by atoms with Crippen molar-refractivity contribution < 1.29 is 9.53 Å². The van der Waals surface area contributed by atoms with E-state index in [1.807, 2.05) is 77.4 Å². The summed E-state index contributed by atoms with van der Waals surface area (Å²) in [5.74, 6) is 1.02. The molecule has 0 N–H and O–H groups in total. The zero-order chi connectivity index (χ0) is 18.6. The Hall–Kier alpha value is -3.66. The van der Waals surface area contributed by atoms with E-state index in [1.165, 1.54) is 0 Å². The summed E-state index contributed by atoms with van der Waals surface area (Å²) in [7, 11) is 1.63. The predicted octanol–water partition coefficient (Wildman–Crippen LogP) is 4.78. The molecular weight excluding hydrogens is 336 g/mol. The largest absolute Gasteiger partial charge is 0.497 e. The molecule has 0 amide bonds. The number of benzene rings is 3. The number of methoxy groups -OCH3 is 1. The maximum atomic E-state index is 13.1. The van der Waals surface area contributed by atoms with Gasteiger partial charge >= 0.3 is 0 Å². The first-order valence-corrected chi connectivity index (χ1v) is 8.65. The van der Waals surface area contributed by atoms with Crippen molar-refractivity contribution in [3.8, 4) is 22.7 Å². The molecule has 0 aliphatic heterocycles. The van der Waals surface area contributed by atoms with Crippen LogP contribution in [-0.4, -0.2) is 22.4 Å². The minimum Gasteiger partial charge on any atom is -0.497 e. The molecule has 0 aliphatic carbocycles. The number of aromatic nitrogens is 2. The smallest absolute Gasteiger partial charge is 0.228 e. The molecule has 132 valence electrons. The molecule has 0 saturated heterocycles. The Kier molecular flexibility index (Phi) is 4.54. The van der Waals surface area contributed by atoms with Gasteiger partial charge in [-0.3, -0.25) is 9.36 Å². The number of imidazole rings is 1. The van der Waals surface area contributed by atoms with Crippen molar-refractivity contribution in [1.29, 1.82) is 0 Å². The molecule has 0 bridgehead atoms. The van der Waals surface area contributed by atoms with Crippen LogP contribution < -0.4 is 4.74 Å². The second-order valence-corrected chi connectivity index (χ2v) is 6.06. The van der Waals surface area contributed by atoms with Crippen LogP contribution in [-0.2, 0) is 0 Å². The van der Waals surface area contributed by atoms with Crippen LogP contribution in [0.2, 0.25) is 0 Å². The first-order chi connectivity index (χ1) is 13.3. The van der Waals surface area contributed by atoms with Crippen LogP contribution in [0.25, 0.3) is 16.9 Å². The third kappa shape index (κ3) is 3.25. The zero-order valence-corrected chi connectivity index (χ0v) is 14.9. The standard InChI is InChI=1S/C23H18N2O2/c1-27-20-14-12-19(13-15-20)25-21(17-8-4-2-5-9-17)16-24-23(25)22(26)18-10-6-3-7-11-18/h2-16H,1H3. The van der Waals surface area contributed by atoms with E-state index in [0.717, 1.165) is 22.7 Å². The van der Waals surface area contributed by atoms with Gasteiger partial charge in [-0.25, -0.2) is 4.98 Å². The maximum Gasteiger partial charge on any atom is 0.228 e. The molecular formula is C23H18N2O2. The molecule has 0 fully saturated rings. The van der Waals surface area contributed by atoms with Gasteiger partial charge in [0.25, 0.3) is 0 Å². The Morgan fingerprint density at radius 2 is 1.48 bits per heavy atom. The monoisotopic (exact) mass is 354 g/mol. The molecule has 0 aliphatic rings. The number of rotatable bonds is 5.